The molecule has 0 amide bonds. The van der Waals surface area contributed by atoms with Crippen molar-refractivity contribution in [2.45, 2.75) is 33.4 Å². The van der Waals surface area contributed by atoms with Crippen molar-refractivity contribution in [1.82, 2.24) is 20.0 Å². The van der Waals surface area contributed by atoms with Crippen molar-refractivity contribution < 1.29 is 9.26 Å². The Kier molecular flexibility index (Phi) is 5.01. The molecule has 0 radical (unpaired) electrons. The number of hydrogen-bond donors (Lipinski definition) is 0. The van der Waals surface area contributed by atoms with Gasteiger partial charge in [-0.1, -0.05) is 11.2 Å². The Morgan fingerprint density at radius 2 is 2.07 bits per heavy atom. The Hall–Kier alpha value is -2.57. The van der Waals surface area contributed by atoms with Gasteiger partial charge in [0.25, 0.3) is 0 Å². The lowest BCUT2D eigenvalue weighted by molar-refractivity contribution is -0.0350. The summed E-state index contributed by atoms with van der Waals surface area (Å²) in [5, 5.41) is 4.04. The van der Waals surface area contributed by atoms with Crippen LogP contribution in [0.5, 0.6) is 0 Å². The lowest BCUT2D eigenvalue weighted by atomic mass is 10.1. The average Bonchev–Trinajstić information content (AvgIpc) is 3.02. The highest BCUT2D eigenvalue weighted by Gasteiger charge is 2.24. The van der Waals surface area contributed by atoms with E-state index in [0.717, 1.165) is 48.0 Å². The van der Waals surface area contributed by atoms with Crippen molar-refractivity contribution in [2.75, 3.05) is 19.7 Å². The smallest absolute Gasteiger partial charge is 0.143 e. The molecule has 1 aliphatic rings. The van der Waals surface area contributed by atoms with E-state index >= 15 is 0 Å². The van der Waals surface area contributed by atoms with Crippen molar-refractivity contribution in [1.29, 1.82) is 0 Å². The predicted molar refractivity (Wildman–Crippen MR) is 102 cm³/mol. The monoisotopic (exact) mass is 364 g/mol. The molecule has 0 aromatic carbocycles. The van der Waals surface area contributed by atoms with Crippen LogP contribution in [-0.2, 0) is 11.3 Å². The molecule has 0 N–H and O–H groups in total. The Balaban J connectivity index is 1.53. The number of nitrogens with zero attached hydrogens (tertiary/aromatic N) is 4. The maximum absolute atomic E-state index is 6.04. The highest BCUT2D eigenvalue weighted by molar-refractivity contribution is 5.63. The molecule has 1 atom stereocenters. The molecule has 0 aliphatic carbocycles. The second-order valence-electron chi connectivity index (χ2n) is 7.04. The van der Waals surface area contributed by atoms with Gasteiger partial charge < -0.3 is 9.26 Å². The molecule has 0 bridgehead atoms. The Morgan fingerprint density at radius 1 is 1.19 bits per heavy atom. The van der Waals surface area contributed by atoms with Crippen LogP contribution in [0.4, 0.5) is 0 Å². The number of ether oxygens (including phenoxy) is 1. The fourth-order valence-electron chi connectivity index (χ4n) is 3.56. The van der Waals surface area contributed by atoms with E-state index < -0.39 is 0 Å². The van der Waals surface area contributed by atoms with Crippen LogP contribution >= 0.6 is 0 Å². The summed E-state index contributed by atoms with van der Waals surface area (Å²) in [5.74, 6) is 0.788. The summed E-state index contributed by atoms with van der Waals surface area (Å²) in [7, 11) is 0. The highest BCUT2D eigenvalue weighted by Crippen LogP contribution is 2.28. The lowest BCUT2D eigenvalue weighted by Crippen LogP contribution is -2.38. The molecule has 27 heavy (non-hydrogen) atoms. The van der Waals surface area contributed by atoms with Crippen LogP contribution in [-0.4, -0.2) is 39.7 Å². The molecule has 1 fully saturated rings. The Bertz CT molecular complexity index is 918. The average molecular weight is 364 g/mol. The molecule has 6 heteroatoms. The molecular formula is C21H24N4O2. The number of aryl methyl sites for hydroxylation is 3. The normalized spacial score (nSPS) is 18.0. The van der Waals surface area contributed by atoms with Gasteiger partial charge in [-0.2, -0.15) is 0 Å². The van der Waals surface area contributed by atoms with Gasteiger partial charge in [-0.25, -0.2) is 4.98 Å². The summed E-state index contributed by atoms with van der Waals surface area (Å²) in [5.41, 5.74) is 6.19. The standard InChI is InChI=1S/C21H24N4O2/c1-14-11-22-8-7-17(14)12-25-9-10-26-20(13-25)18-5-4-6-19(23-18)21-15(2)24-27-16(21)3/h4-8,11,20H,9-10,12-13H2,1-3H3/t20-/m0/s1. The first-order chi connectivity index (χ1) is 13.1. The van der Waals surface area contributed by atoms with Crippen molar-refractivity contribution in [2.24, 2.45) is 0 Å². The van der Waals surface area contributed by atoms with Gasteiger partial charge in [0.05, 0.1) is 29.3 Å². The summed E-state index contributed by atoms with van der Waals surface area (Å²) in [4.78, 5) is 11.5. The summed E-state index contributed by atoms with van der Waals surface area (Å²) in [6.07, 6.45) is 3.73. The summed E-state index contributed by atoms with van der Waals surface area (Å²) in [6.45, 7) is 9.30. The van der Waals surface area contributed by atoms with E-state index in [1.54, 1.807) is 0 Å². The molecule has 140 valence electrons. The van der Waals surface area contributed by atoms with Crippen LogP contribution in [0.25, 0.3) is 11.3 Å². The third kappa shape index (κ3) is 3.77. The Morgan fingerprint density at radius 3 is 2.85 bits per heavy atom. The van der Waals surface area contributed by atoms with Crippen LogP contribution in [0.1, 0.15) is 34.4 Å². The van der Waals surface area contributed by atoms with Gasteiger partial charge in [0.15, 0.2) is 0 Å². The number of aromatic nitrogens is 3. The van der Waals surface area contributed by atoms with Crippen LogP contribution in [0.15, 0.2) is 41.2 Å². The second-order valence-corrected chi connectivity index (χ2v) is 7.04. The van der Waals surface area contributed by atoms with Crippen LogP contribution in [0.2, 0.25) is 0 Å². The number of morpholine rings is 1. The molecule has 0 unspecified atom stereocenters. The maximum Gasteiger partial charge on any atom is 0.143 e. The molecule has 1 saturated heterocycles. The molecule has 3 aromatic heterocycles. The molecule has 4 heterocycles. The first-order valence-electron chi connectivity index (χ1n) is 9.25. The largest absolute Gasteiger partial charge is 0.369 e. The minimum absolute atomic E-state index is 0.0404. The zero-order valence-electron chi connectivity index (χ0n) is 16.0. The van der Waals surface area contributed by atoms with Gasteiger partial charge in [0, 0.05) is 32.0 Å². The molecule has 1 aliphatic heterocycles. The summed E-state index contributed by atoms with van der Waals surface area (Å²) >= 11 is 0. The second kappa shape index (κ2) is 7.58. The molecule has 3 aromatic rings. The van der Waals surface area contributed by atoms with Gasteiger partial charge in [0.1, 0.15) is 11.9 Å². The molecule has 6 nitrogen and oxygen atoms in total. The number of rotatable bonds is 4. The molecule has 0 spiro atoms. The number of hydrogen-bond acceptors (Lipinski definition) is 6. The van der Waals surface area contributed by atoms with Crippen molar-refractivity contribution >= 4 is 0 Å². The third-order valence-corrected chi connectivity index (χ3v) is 5.07. The SMILES string of the molecule is Cc1cnccc1CN1CCO[C@H](c2cccc(-c3c(C)noc3C)n2)C1. The summed E-state index contributed by atoms with van der Waals surface area (Å²) < 4.78 is 11.3. The van der Waals surface area contributed by atoms with E-state index in [4.69, 9.17) is 14.2 Å². The fourth-order valence-corrected chi connectivity index (χ4v) is 3.56. The highest BCUT2D eigenvalue weighted by atomic mass is 16.5. The van der Waals surface area contributed by atoms with Crippen molar-refractivity contribution in [3.63, 3.8) is 0 Å². The van der Waals surface area contributed by atoms with Gasteiger partial charge in [-0.15, -0.1) is 0 Å². The van der Waals surface area contributed by atoms with E-state index in [2.05, 4.69) is 28.0 Å². The fraction of sp³-hybridized carbons (Fsp3) is 0.381. The van der Waals surface area contributed by atoms with E-state index in [1.165, 1.54) is 11.1 Å². The number of pyridine rings is 2. The van der Waals surface area contributed by atoms with Gasteiger partial charge in [-0.3, -0.25) is 9.88 Å². The van der Waals surface area contributed by atoms with E-state index in [0.29, 0.717) is 6.61 Å². The van der Waals surface area contributed by atoms with Gasteiger partial charge in [0.2, 0.25) is 0 Å². The maximum atomic E-state index is 6.04. The minimum Gasteiger partial charge on any atom is -0.369 e. The first-order valence-corrected chi connectivity index (χ1v) is 9.25. The molecule has 4 rings (SSSR count). The van der Waals surface area contributed by atoms with Gasteiger partial charge >= 0.3 is 0 Å². The van der Waals surface area contributed by atoms with Crippen LogP contribution in [0.3, 0.4) is 0 Å². The van der Waals surface area contributed by atoms with Crippen LogP contribution < -0.4 is 0 Å². The molecular weight excluding hydrogens is 340 g/mol. The zero-order chi connectivity index (χ0) is 18.8. The first kappa shape index (κ1) is 17.8. The minimum atomic E-state index is -0.0404. The van der Waals surface area contributed by atoms with Gasteiger partial charge in [-0.05, 0) is 50.1 Å². The zero-order valence-corrected chi connectivity index (χ0v) is 16.0. The third-order valence-electron chi connectivity index (χ3n) is 5.07. The summed E-state index contributed by atoms with van der Waals surface area (Å²) in [6, 6.07) is 8.15. The quantitative estimate of drug-likeness (QED) is 0.704. The van der Waals surface area contributed by atoms with E-state index in [1.807, 2.05) is 44.4 Å². The topological polar surface area (TPSA) is 64.3 Å². The van der Waals surface area contributed by atoms with E-state index in [9.17, 15) is 0 Å². The van der Waals surface area contributed by atoms with Crippen molar-refractivity contribution in [3.05, 3.63) is 64.9 Å². The van der Waals surface area contributed by atoms with Crippen molar-refractivity contribution in [3.8, 4) is 11.3 Å². The molecule has 0 saturated carbocycles. The predicted octanol–water partition coefficient (Wildman–Crippen LogP) is 3.63. The Labute approximate surface area is 159 Å². The lowest BCUT2D eigenvalue weighted by Gasteiger charge is -2.33. The van der Waals surface area contributed by atoms with E-state index in [-0.39, 0.29) is 6.10 Å². The van der Waals surface area contributed by atoms with Crippen LogP contribution in [0, 0.1) is 20.8 Å².